The largest absolute Gasteiger partial charge is 0.396 e. The molecule has 0 spiro atoms. The van der Waals surface area contributed by atoms with Crippen LogP contribution in [0.3, 0.4) is 0 Å². The minimum Gasteiger partial charge on any atom is -0.396 e. The highest BCUT2D eigenvalue weighted by Crippen LogP contribution is 2.16. The first-order valence-corrected chi connectivity index (χ1v) is 7.42. The number of rotatable bonds is 5. The van der Waals surface area contributed by atoms with E-state index in [1.165, 1.54) is 0 Å². The maximum atomic E-state index is 12.1. The second-order valence-corrected chi connectivity index (χ2v) is 5.40. The molecule has 0 saturated carbocycles. The molecule has 0 aliphatic carbocycles. The van der Waals surface area contributed by atoms with Gasteiger partial charge in [-0.05, 0) is 30.9 Å². The van der Waals surface area contributed by atoms with Crippen molar-refractivity contribution in [1.82, 2.24) is 10.2 Å². The number of aliphatic hydroxyl groups is 1. The lowest BCUT2D eigenvalue weighted by Crippen LogP contribution is -2.42. The molecule has 1 atom stereocenters. The Hall–Kier alpha value is -1.88. The third-order valence-electron chi connectivity index (χ3n) is 3.79. The monoisotopic (exact) mass is 290 g/mol. The van der Waals surface area contributed by atoms with Crippen LogP contribution in [0.4, 0.5) is 0 Å². The number of likely N-dealkylation sites (tertiary alicyclic amines) is 1. The van der Waals surface area contributed by atoms with E-state index in [1.54, 1.807) is 17.0 Å². The molecule has 114 valence electrons. The van der Waals surface area contributed by atoms with Crippen LogP contribution in [0.2, 0.25) is 0 Å². The third kappa shape index (κ3) is 4.56. The van der Waals surface area contributed by atoms with Crippen molar-refractivity contribution in [2.45, 2.75) is 19.3 Å². The molecular formula is C16H22N2O3. The number of hydrogen-bond donors (Lipinski definition) is 2. The molecule has 5 heteroatoms. The van der Waals surface area contributed by atoms with E-state index < -0.39 is 0 Å². The van der Waals surface area contributed by atoms with Gasteiger partial charge in [0.25, 0.3) is 5.91 Å². The molecule has 1 aliphatic heterocycles. The van der Waals surface area contributed by atoms with Crippen molar-refractivity contribution in [1.29, 1.82) is 0 Å². The van der Waals surface area contributed by atoms with Gasteiger partial charge in [-0.25, -0.2) is 0 Å². The molecule has 0 radical (unpaired) electrons. The molecule has 0 bridgehead atoms. The van der Waals surface area contributed by atoms with E-state index in [-0.39, 0.29) is 24.3 Å². The van der Waals surface area contributed by atoms with Gasteiger partial charge in [0.1, 0.15) is 0 Å². The highest BCUT2D eigenvalue weighted by molar-refractivity contribution is 5.94. The van der Waals surface area contributed by atoms with Gasteiger partial charge >= 0.3 is 0 Å². The Labute approximate surface area is 125 Å². The zero-order chi connectivity index (χ0) is 15.1. The van der Waals surface area contributed by atoms with Crippen LogP contribution in [0.5, 0.6) is 0 Å². The normalized spacial score (nSPS) is 18.3. The molecule has 2 N–H and O–H groups in total. The first kappa shape index (κ1) is 15.5. The highest BCUT2D eigenvalue weighted by Gasteiger charge is 2.22. The number of nitrogens with one attached hydrogen (secondary N) is 1. The van der Waals surface area contributed by atoms with Crippen LogP contribution < -0.4 is 5.32 Å². The molecule has 1 aromatic carbocycles. The quantitative estimate of drug-likeness (QED) is 0.851. The van der Waals surface area contributed by atoms with Crippen molar-refractivity contribution >= 4 is 11.8 Å². The number of piperidine rings is 1. The van der Waals surface area contributed by atoms with Crippen LogP contribution in [0.25, 0.3) is 0 Å². The molecule has 1 saturated heterocycles. The summed E-state index contributed by atoms with van der Waals surface area (Å²) >= 11 is 0. The standard InChI is InChI=1S/C16H22N2O3/c19-12-13-5-4-10-18(11-13)15(20)8-9-17-16(21)14-6-2-1-3-7-14/h1-3,6-7,13,19H,4-5,8-12H2,(H,17,21). The van der Waals surface area contributed by atoms with Gasteiger partial charge in [0, 0.05) is 38.2 Å². The summed E-state index contributed by atoms with van der Waals surface area (Å²) in [5.74, 6) is 0.0819. The van der Waals surface area contributed by atoms with Gasteiger partial charge in [-0.2, -0.15) is 0 Å². The molecule has 1 aliphatic rings. The summed E-state index contributed by atoms with van der Waals surface area (Å²) in [6.07, 6.45) is 2.22. The van der Waals surface area contributed by atoms with Crippen molar-refractivity contribution < 1.29 is 14.7 Å². The predicted octanol–water partition coefficient (Wildman–Crippen LogP) is 1.04. The van der Waals surface area contributed by atoms with Gasteiger partial charge in [-0.15, -0.1) is 0 Å². The maximum absolute atomic E-state index is 12.1. The van der Waals surface area contributed by atoms with Crippen molar-refractivity contribution in [3.05, 3.63) is 35.9 Å². The fraction of sp³-hybridized carbons (Fsp3) is 0.500. The van der Waals surface area contributed by atoms with E-state index in [0.29, 0.717) is 25.1 Å². The molecule has 1 heterocycles. The molecule has 1 aromatic rings. The number of carbonyl (C=O) groups excluding carboxylic acids is 2. The van der Waals surface area contributed by atoms with Gasteiger partial charge in [0.05, 0.1) is 0 Å². The van der Waals surface area contributed by atoms with Gasteiger partial charge < -0.3 is 15.3 Å². The summed E-state index contributed by atoms with van der Waals surface area (Å²) < 4.78 is 0. The summed E-state index contributed by atoms with van der Waals surface area (Å²) in [5, 5.41) is 11.9. The number of benzene rings is 1. The predicted molar refractivity (Wildman–Crippen MR) is 79.8 cm³/mol. The van der Waals surface area contributed by atoms with Gasteiger partial charge in [0.15, 0.2) is 0 Å². The van der Waals surface area contributed by atoms with E-state index in [9.17, 15) is 14.7 Å². The van der Waals surface area contributed by atoms with Crippen molar-refractivity contribution in [3.8, 4) is 0 Å². The Morgan fingerprint density at radius 1 is 1.29 bits per heavy atom. The summed E-state index contributed by atoms with van der Waals surface area (Å²) in [6, 6.07) is 8.96. The number of hydrogen-bond acceptors (Lipinski definition) is 3. The molecular weight excluding hydrogens is 268 g/mol. The third-order valence-corrected chi connectivity index (χ3v) is 3.79. The molecule has 0 aromatic heterocycles. The Balaban J connectivity index is 1.73. The maximum Gasteiger partial charge on any atom is 0.251 e. The molecule has 1 unspecified atom stereocenters. The number of aliphatic hydroxyl groups excluding tert-OH is 1. The average Bonchev–Trinajstić information content (AvgIpc) is 2.55. The van der Waals surface area contributed by atoms with Crippen LogP contribution in [0.1, 0.15) is 29.6 Å². The lowest BCUT2D eigenvalue weighted by molar-refractivity contribution is -0.133. The lowest BCUT2D eigenvalue weighted by atomic mass is 9.99. The first-order chi connectivity index (χ1) is 10.2. The van der Waals surface area contributed by atoms with Gasteiger partial charge in [-0.3, -0.25) is 9.59 Å². The minimum absolute atomic E-state index is 0.0431. The Morgan fingerprint density at radius 2 is 2.05 bits per heavy atom. The number of amides is 2. The summed E-state index contributed by atoms with van der Waals surface area (Å²) in [6.45, 7) is 1.85. The fourth-order valence-electron chi connectivity index (χ4n) is 2.57. The Bertz CT molecular complexity index is 476. The summed E-state index contributed by atoms with van der Waals surface area (Å²) in [4.78, 5) is 25.7. The van der Waals surface area contributed by atoms with E-state index >= 15 is 0 Å². The molecule has 21 heavy (non-hydrogen) atoms. The van der Waals surface area contributed by atoms with E-state index in [4.69, 9.17) is 0 Å². The summed E-state index contributed by atoms with van der Waals surface area (Å²) in [7, 11) is 0. The average molecular weight is 290 g/mol. The van der Waals surface area contributed by atoms with Crippen molar-refractivity contribution in [2.24, 2.45) is 5.92 Å². The Morgan fingerprint density at radius 3 is 2.76 bits per heavy atom. The molecule has 1 fully saturated rings. The van der Waals surface area contributed by atoms with Gasteiger partial charge in [0.2, 0.25) is 5.91 Å². The van der Waals surface area contributed by atoms with E-state index in [0.717, 1.165) is 19.4 Å². The number of nitrogens with zero attached hydrogens (tertiary/aromatic N) is 1. The topological polar surface area (TPSA) is 69.6 Å². The van der Waals surface area contributed by atoms with Crippen LogP contribution in [-0.2, 0) is 4.79 Å². The Kier molecular flexibility index (Phi) is 5.75. The lowest BCUT2D eigenvalue weighted by Gasteiger charge is -2.31. The second kappa shape index (κ2) is 7.78. The summed E-state index contributed by atoms with van der Waals surface area (Å²) in [5.41, 5.74) is 0.600. The van der Waals surface area contributed by atoms with Crippen LogP contribution in [0.15, 0.2) is 30.3 Å². The zero-order valence-electron chi connectivity index (χ0n) is 12.1. The first-order valence-electron chi connectivity index (χ1n) is 7.42. The molecule has 5 nitrogen and oxygen atoms in total. The van der Waals surface area contributed by atoms with E-state index in [2.05, 4.69) is 5.32 Å². The fourth-order valence-corrected chi connectivity index (χ4v) is 2.57. The van der Waals surface area contributed by atoms with Crippen molar-refractivity contribution in [2.75, 3.05) is 26.2 Å². The van der Waals surface area contributed by atoms with Crippen LogP contribution >= 0.6 is 0 Å². The van der Waals surface area contributed by atoms with Crippen molar-refractivity contribution in [3.63, 3.8) is 0 Å². The zero-order valence-corrected chi connectivity index (χ0v) is 12.1. The minimum atomic E-state index is -0.157. The molecule has 2 amide bonds. The number of carbonyl (C=O) groups is 2. The smallest absolute Gasteiger partial charge is 0.251 e. The second-order valence-electron chi connectivity index (χ2n) is 5.40. The molecule has 2 rings (SSSR count). The van der Waals surface area contributed by atoms with E-state index in [1.807, 2.05) is 18.2 Å². The highest BCUT2D eigenvalue weighted by atomic mass is 16.3. The van der Waals surface area contributed by atoms with Crippen LogP contribution in [0, 0.1) is 5.92 Å². The van der Waals surface area contributed by atoms with Gasteiger partial charge in [-0.1, -0.05) is 18.2 Å². The van der Waals surface area contributed by atoms with Crippen LogP contribution in [-0.4, -0.2) is 48.1 Å². The SMILES string of the molecule is O=C(NCCC(=O)N1CCCC(CO)C1)c1ccccc1.